The van der Waals surface area contributed by atoms with Gasteiger partial charge in [-0.2, -0.15) is 0 Å². The molecule has 122 valence electrons. The molecule has 0 aliphatic carbocycles. The quantitative estimate of drug-likeness (QED) is 0.685. The van der Waals surface area contributed by atoms with Gasteiger partial charge in [0.2, 0.25) is 0 Å². The van der Waals surface area contributed by atoms with Crippen LogP contribution < -0.4 is 18.9 Å². The molecule has 0 spiro atoms. The molecule has 23 heavy (non-hydrogen) atoms. The van der Waals surface area contributed by atoms with Gasteiger partial charge in [-0.15, -0.1) is 0 Å². The second-order valence-electron chi connectivity index (χ2n) is 4.68. The highest BCUT2D eigenvalue weighted by molar-refractivity contribution is 9.10. The van der Waals surface area contributed by atoms with E-state index in [0.717, 1.165) is 15.6 Å². The van der Waals surface area contributed by atoms with Crippen LogP contribution in [0.5, 0.6) is 23.0 Å². The topological polar surface area (TPSA) is 36.9 Å². The van der Waals surface area contributed by atoms with Gasteiger partial charge in [0.25, 0.3) is 0 Å². The van der Waals surface area contributed by atoms with Crippen molar-refractivity contribution in [1.29, 1.82) is 0 Å². The zero-order valence-corrected chi connectivity index (χ0v) is 15.1. The zero-order valence-electron chi connectivity index (χ0n) is 13.6. The third-order valence-corrected chi connectivity index (χ3v) is 4.05. The molecule has 2 rings (SSSR count). The van der Waals surface area contributed by atoms with Crippen LogP contribution in [0.2, 0.25) is 0 Å². The molecule has 0 aliphatic heterocycles. The monoisotopic (exact) mass is 378 g/mol. The van der Waals surface area contributed by atoms with Gasteiger partial charge >= 0.3 is 0 Å². The largest absolute Gasteiger partial charge is 0.493 e. The van der Waals surface area contributed by atoms with Crippen LogP contribution in [0.4, 0.5) is 0 Å². The molecule has 0 saturated carbocycles. The van der Waals surface area contributed by atoms with E-state index in [9.17, 15) is 0 Å². The lowest BCUT2D eigenvalue weighted by molar-refractivity contribution is 0.354. The van der Waals surface area contributed by atoms with E-state index in [-0.39, 0.29) is 0 Å². The van der Waals surface area contributed by atoms with E-state index < -0.39 is 0 Å². The molecule has 0 amide bonds. The Kier molecular flexibility index (Phi) is 5.93. The summed E-state index contributed by atoms with van der Waals surface area (Å²) in [5.41, 5.74) is 1.99. The Morgan fingerprint density at radius 1 is 0.696 bits per heavy atom. The molecule has 5 heteroatoms. The molecule has 4 nitrogen and oxygen atoms in total. The Bertz CT molecular complexity index is 710. The zero-order chi connectivity index (χ0) is 16.8. The molecule has 0 fully saturated rings. The van der Waals surface area contributed by atoms with Crippen molar-refractivity contribution in [3.8, 4) is 23.0 Å². The molecule has 2 aromatic carbocycles. The minimum atomic E-state index is 0.683. The van der Waals surface area contributed by atoms with Crippen LogP contribution in [0.15, 0.2) is 34.8 Å². The number of halogens is 1. The SMILES string of the molecule is COc1ccc(/C=C/c2cc(OC)c(OC)cc2Br)cc1OC. The lowest BCUT2D eigenvalue weighted by Crippen LogP contribution is -1.92. The summed E-state index contributed by atoms with van der Waals surface area (Å²) in [6.07, 6.45) is 3.99. The number of hydrogen-bond acceptors (Lipinski definition) is 4. The van der Waals surface area contributed by atoms with E-state index in [0.29, 0.717) is 23.0 Å². The normalized spacial score (nSPS) is 10.7. The molecule has 0 radical (unpaired) electrons. The van der Waals surface area contributed by atoms with E-state index in [1.807, 2.05) is 42.5 Å². The summed E-state index contributed by atoms with van der Waals surface area (Å²) in [5, 5.41) is 0. The lowest BCUT2D eigenvalue weighted by Gasteiger charge is -2.10. The Morgan fingerprint density at radius 3 is 1.87 bits per heavy atom. The number of ether oxygens (including phenoxy) is 4. The van der Waals surface area contributed by atoms with Gasteiger partial charge in [-0.1, -0.05) is 34.1 Å². The molecule has 0 unspecified atom stereocenters. The Labute approximate surface area is 144 Å². The van der Waals surface area contributed by atoms with E-state index in [2.05, 4.69) is 15.9 Å². The molecule has 0 N–H and O–H groups in total. The number of benzene rings is 2. The van der Waals surface area contributed by atoms with E-state index in [4.69, 9.17) is 18.9 Å². The maximum absolute atomic E-state index is 5.33. The maximum Gasteiger partial charge on any atom is 0.161 e. The lowest BCUT2D eigenvalue weighted by atomic mass is 10.1. The van der Waals surface area contributed by atoms with Crippen molar-refractivity contribution in [2.45, 2.75) is 0 Å². The van der Waals surface area contributed by atoms with E-state index in [1.54, 1.807) is 28.4 Å². The molecule has 2 aromatic rings. The predicted octanol–water partition coefficient (Wildman–Crippen LogP) is 4.65. The molecule has 0 atom stereocenters. The minimum absolute atomic E-state index is 0.683. The number of methoxy groups -OCH3 is 4. The Morgan fingerprint density at radius 2 is 1.26 bits per heavy atom. The van der Waals surface area contributed by atoms with Crippen LogP contribution in [0.3, 0.4) is 0 Å². The molecule has 0 bridgehead atoms. The minimum Gasteiger partial charge on any atom is -0.493 e. The third-order valence-electron chi connectivity index (χ3n) is 3.37. The van der Waals surface area contributed by atoms with Gasteiger partial charge in [-0.25, -0.2) is 0 Å². The first-order valence-corrected chi connectivity index (χ1v) is 7.73. The number of hydrogen-bond donors (Lipinski definition) is 0. The maximum atomic E-state index is 5.33. The fraction of sp³-hybridized carbons (Fsp3) is 0.222. The van der Waals surface area contributed by atoms with Gasteiger partial charge in [0, 0.05) is 4.47 Å². The summed E-state index contributed by atoms with van der Waals surface area (Å²) in [6, 6.07) is 9.56. The molecular formula is C18H19BrO4. The van der Waals surface area contributed by atoms with Crippen LogP contribution in [-0.2, 0) is 0 Å². The van der Waals surface area contributed by atoms with Crippen LogP contribution in [0.25, 0.3) is 12.2 Å². The number of rotatable bonds is 6. The average molecular weight is 379 g/mol. The van der Waals surface area contributed by atoms with Crippen LogP contribution in [0, 0.1) is 0 Å². The summed E-state index contributed by atoms with van der Waals surface area (Å²) in [7, 11) is 6.47. The second-order valence-corrected chi connectivity index (χ2v) is 5.53. The predicted molar refractivity (Wildman–Crippen MR) is 95.7 cm³/mol. The van der Waals surface area contributed by atoms with Crippen LogP contribution in [0.1, 0.15) is 11.1 Å². The summed E-state index contributed by atoms with van der Waals surface area (Å²) in [5.74, 6) is 2.77. The van der Waals surface area contributed by atoms with Gasteiger partial charge in [-0.3, -0.25) is 0 Å². The van der Waals surface area contributed by atoms with Gasteiger partial charge < -0.3 is 18.9 Å². The van der Waals surface area contributed by atoms with Crippen LogP contribution in [-0.4, -0.2) is 28.4 Å². The van der Waals surface area contributed by atoms with Gasteiger partial charge in [-0.05, 0) is 35.4 Å². The van der Waals surface area contributed by atoms with Crippen molar-refractivity contribution < 1.29 is 18.9 Å². The molecule has 0 aliphatic rings. The molecule has 0 heterocycles. The van der Waals surface area contributed by atoms with Crippen molar-refractivity contribution in [3.05, 3.63) is 45.9 Å². The summed E-state index contributed by atoms with van der Waals surface area (Å²) in [4.78, 5) is 0. The van der Waals surface area contributed by atoms with Crippen molar-refractivity contribution >= 4 is 28.1 Å². The first kappa shape index (κ1) is 17.2. The van der Waals surface area contributed by atoms with Gasteiger partial charge in [0.05, 0.1) is 28.4 Å². The van der Waals surface area contributed by atoms with Crippen molar-refractivity contribution in [1.82, 2.24) is 0 Å². The Balaban J connectivity index is 2.33. The third kappa shape index (κ3) is 3.99. The first-order valence-electron chi connectivity index (χ1n) is 6.94. The standard InChI is InChI=1S/C18H19BrO4/c1-20-15-8-6-12(9-16(15)21-2)5-7-13-10-17(22-3)18(23-4)11-14(13)19/h5-11H,1-4H3/b7-5+. The highest BCUT2D eigenvalue weighted by Crippen LogP contribution is 2.34. The van der Waals surface area contributed by atoms with Crippen LogP contribution >= 0.6 is 15.9 Å². The fourth-order valence-electron chi connectivity index (χ4n) is 2.14. The van der Waals surface area contributed by atoms with Gasteiger partial charge in [0.1, 0.15) is 0 Å². The average Bonchev–Trinajstić information content (AvgIpc) is 2.59. The summed E-state index contributed by atoms with van der Waals surface area (Å²) in [6.45, 7) is 0. The first-order chi connectivity index (χ1) is 11.1. The molecular weight excluding hydrogens is 360 g/mol. The van der Waals surface area contributed by atoms with Crippen molar-refractivity contribution in [2.75, 3.05) is 28.4 Å². The summed E-state index contributed by atoms with van der Waals surface area (Å²) < 4.78 is 22.1. The highest BCUT2D eigenvalue weighted by Gasteiger charge is 2.08. The molecule has 0 saturated heterocycles. The summed E-state index contributed by atoms with van der Waals surface area (Å²) >= 11 is 3.54. The van der Waals surface area contributed by atoms with E-state index in [1.165, 1.54) is 0 Å². The van der Waals surface area contributed by atoms with Crippen molar-refractivity contribution in [2.24, 2.45) is 0 Å². The van der Waals surface area contributed by atoms with Gasteiger partial charge in [0.15, 0.2) is 23.0 Å². The van der Waals surface area contributed by atoms with Crippen molar-refractivity contribution in [3.63, 3.8) is 0 Å². The highest BCUT2D eigenvalue weighted by atomic mass is 79.9. The smallest absolute Gasteiger partial charge is 0.161 e. The van der Waals surface area contributed by atoms with E-state index >= 15 is 0 Å². The second kappa shape index (κ2) is 7.92. The fourth-order valence-corrected chi connectivity index (χ4v) is 2.59. The molecule has 0 aromatic heterocycles. The Hall–Kier alpha value is -2.14.